The summed E-state index contributed by atoms with van der Waals surface area (Å²) in [7, 11) is 5.48. The summed E-state index contributed by atoms with van der Waals surface area (Å²) in [6, 6.07) is -0.644. The zero-order valence-electron chi connectivity index (χ0n) is 43.0. The standard InChI is InChI=1S/C60H91NO7/c1-6-8-10-12-14-16-18-20-22-24-26-28-29-31-32-34-36-38-40-42-44-46-48-50-58(62)67-55-56(54-66-53-52-57(60(64)65)61(3,4)5)68-59(63)51-49-47-45-43-41-39-37-35-33-30-27-25-23-21-19-17-15-13-11-9-7-2/h8-11,14-17,20-23,26-28,30-32,35-38,41-44,56-57H,6-7,12-13,18-19,24-25,29,33-34,39-40,45-55H2,1-5H3/p+1/b10-8+,11-9+,16-14+,17-15+,22-20+,23-21+,28-26+,30-27+,32-31+,37-35+,38-36+,43-41+,44-42+. The van der Waals surface area contributed by atoms with Crippen LogP contribution in [0, 0.1) is 0 Å². The molecule has 0 saturated heterocycles. The summed E-state index contributed by atoms with van der Waals surface area (Å²) in [5.74, 6) is -1.63. The van der Waals surface area contributed by atoms with Gasteiger partial charge in [0, 0.05) is 19.3 Å². The maximum atomic E-state index is 12.8. The number of unbranched alkanes of at least 4 members (excludes halogenated alkanes) is 3. The third kappa shape index (κ3) is 46.1. The first kappa shape index (κ1) is 63.0. The summed E-state index contributed by atoms with van der Waals surface area (Å²) < 4.78 is 17.2. The maximum Gasteiger partial charge on any atom is 0.362 e. The van der Waals surface area contributed by atoms with Crippen LogP contribution in [0.3, 0.4) is 0 Å². The van der Waals surface area contributed by atoms with Crippen molar-refractivity contribution in [1.29, 1.82) is 0 Å². The molecule has 2 unspecified atom stereocenters. The predicted molar refractivity (Wildman–Crippen MR) is 288 cm³/mol. The average Bonchev–Trinajstić information content (AvgIpc) is 3.30. The molecule has 0 aliphatic rings. The second kappa shape index (κ2) is 48.4. The summed E-state index contributed by atoms with van der Waals surface area (Å²) in [4.78, 5) is 37.2. The van der Waals surface area contributed by atoms with E-state index in [2.05, 4.69) is 172 Å². The molecule has 0 radical (unpaired) electrons. The van der Waals surface area contributed by atoms with E-state index < -0.39 is 18.1 Å². The van der Waals surface area contributed by atoms with Crippen molar-refractivity contribution in [3.8, 4) is 0 Å². The van der Waals surface area contributed by atoms with Crippen molar-refractivity contribution in [2.24, 2.45) is 0 Å². The SMILES string of the molecule is CC/C=C/C/C=C/C/C=C/C/C=C/C/C=C/C/C=C/C/C=C/CCCC(=O)OCC(COCCC(C(=O)O)[N+](C)(C)C)OC(=O)CCCC/C=C/C/C=C/C/C=C/C/C=C/C/C=C/C/C=C/CC. The van der Waals surface area contributed by atoms with Gasteiger partial charge >= 0.3 is 17.9 Å². The summed E-state index contributed by atoms with van der Waals surface area (Å²) in [5, 5.41) is 9.66. The number of esters is 2. The molecule has 2 atom stereocenters. The molecule has 0 aromatic carbocycles. The summed E-state index contributed by atoms with van der Waals surface area (Å²) in [6.07, 6.45) is 73.1. The zero-order valence-corrected chi connectivity index (χ0v) is 43.0. The third-order valence-electron chi connectivity index (χ3n) is 10.2. The van der Waals surface area contributed by atoms with Crippen LogP contribution in [0.15, 0.2) is 158 Å². The van der Waals surface area contributed by atoms with Crippen LogP contribution in [0.4, 0.5) is 0 Å². The van der Waals surface area contributed by atoms with Gasteiger partial charge in [-0.05, 0) is 116 Å². The molecule has 68 heavy (non-hydrogen) atoms. The van der Waals surface area contributed by atoms with Crippen LogP contribution < -0.4 is 0 Å². The Morgan fingerprint density at radius 1 is 0.441 bits per heavy atom. The van der Waals surface area contributed by atoms with Crippen molar-refractivity contribution in [3.63, 3.8) is 0 Å². The van der Waals surface area contributed by atoms with Gasteiger partial charge in [-0.2, -0.15) is 0 Å². The number of nitrogens with zero attached hydrogens (tertiary/aromatic N) is 1. The van der Waals surface area contributed by atoms with Crippen LogP contribution in [0.25, 0.3) is 0 Å². The topological polar surface area (TPSA) is 99.1 Å². The van der Waals surface area contributed by atoms with Crippen molar-refractivity contribution in [1.82, 2.24) is 0 Å². The molecule has 1 N–H and O–H groups in total. The average molecular weight is 939 g/mol. The number of rotatable bonds is 43. The molecular formula is C60H92NO7+. The van der Waals surface area contributed by atoms with Crippen LogP contribution in [0.1, 0.15) is 149 Å². The van der Waals surface area contributed by atoms with Gasteiger partial charge in [-0.3, -0.25) is 9.59 Å². The van der Waals surface area contributed by atoms with Crippen molar-refractivity contribution in [2.45, 2.75) is 161 Å². The summed E-state index contributed by atoms with van der Waals surface area (Å²) in [6.45, 7) is 4.37. The van der Waals surface area contributed by atoms with Crippen LogP contribution >= 0.6 is 0 Å². The van der Waals surface area contributed by atoms with E-state index in [0.717, 1.165) is 103 Å². The number of carboxylic acid groups (broad SMARTS) is 1. The van der Waals surface area contributed by atoms with E-state index in [1.807, 2.05) is 21.1 Å². The van der Waals surface area contributed by atoms with Crippen LogP contribution in [-0.4, -0.2) is 80.6 Å². The molecule has 0 fully saturated rings. The first-order valence-electron chi connectivity index (χ1n) is 25.5. The monoisotopic (exact) mass is 939 g/mol. The highest BCUT2D eigenvalue weighted by Crippen LogP contribution is 2.11. The Hall–Kier alpha value is -5.05. The van der Waals surface area contributed by atoms with Crippen LogP contribution in [0.5, 0.6) is 0 Å². The van der Waals surface area contributed by atoms with E-state index in [-0.39, 0.29) is 49.1 Å². The largest absolute Gasteiger partial charge is 0.477 e. The third-order valence-corrected chi connectivity index (χ3v) is 10.2. The molecule has 378 valence electrons. The van der Waals surface area contributed by atoms with Crippen molar-refractivity contribution < 1.29 is 38.2 Å². The minimum absolute atomic E-state index is 0.0123. The molecule has 0 rings (SSSR count). The fraction of sp³-hybridized carbons (Fsp3) is 0.517. The summed E-state index contributed by atoms with van der Waals surface area (Å²) in [5.41, 5.74) is 0. The van der Waals surface area contributed by atoms with Gasteiger partial charge in [0.2, 0.25) is 0 Å². The lowest BCUT2D eigenvalue weighted by atomic mass is 10.1. The number of carbonyl (C=O) groups excluding carboxylic acids is 2. The number of likely N-dealkylation sites (N-methyl/N-ethyl adjacent to an activating group) is 1. The molecule has 0 aromatic rings. The van der Waals surface area contributed by atoms with Gasteiger partial charge in [0.25, 0.3) is 0 Å². The number of ether oxygens (including phenoxy) is 3. The van der Waals surface area contributed by atoms with Gasteiger partial charge in [0.1, 0.15) is 6.61 Å². The van der Waals surface area contributed by atoms with Crippen molar-refractivity contribution >= 4 is 17.9 Å². The van der Waals surface area contributed by atoms with E-state index in [0.29, 0.717) is 19.3 Å². The number of allylic oxidation sites excluding steroid dienone is 26. The van der Waals surface area contributed by atoms with Gasteiger partial charge in [0.05, 0.1) is 34.4 Å². The van der Waals surface area contributed by atoms with E-state index in [9.17, 15) is 19.5 Å². The molecule has 0 aliphatic carbocycles. The van der Waals surface area contributed by atoms with E-state index in [1.165, 1.54) is 0 Å². The van der Waals surface area contributed by atoms with Crippen LogP contribution in [0.2, 0.25) is 0 Å². The fourth-order valence-electron chi connectivity index (χ4n) is 6.32. The van der Waals surface area contributed by atoms with Gasteiger partial charge in [-0.25, -0.2) is 4.79 Å². The predicted octanol–water partition coefficient (Wildman–Crippen LogP) is 15.1. The van der Waals surface area contributed by atoms with Crippen molar-refractivity contribution in [2.75, 3.05) is 41.0 Å². The molecule has 0 bridgehead atoms. The van der Waals surface area contributed by atoms with Crippen LogP contribution in [-0.2, 0) is 28.6 Å². The molecule has 0 heterocycles. The highest BCUT2D eigenvalue weighted by molar-refractivity contribution is 5.72. The number of hydrogen-bond acceptors (Lipinski definition) is 6. The van der Waals surface area contributed by atoms with E-state index in [1.54, 1.807) is 0 Å². The zero-order chi connectivity index (χ0) is 49.9. The molecule has 0 saturated carbocycles. The second-order valence-electron chi connectivity index (χ2n) is 17.3. The number of quaternary nitrogens is 1. The van der Waals surface area contributed by atoms with Gasteiger partial charge < -0.3 is 23.8 Å². The first-order chi connectivity index (χ1) is 33.1. The maximum absolute atomic E-state index is 12.8. The Morgan fingerprint density at radius 3 is 1.13 bits per heavy atom. The fourth-order valence-corrected chi connectivity index (χ4v) is 6.32. The van der Waals surface area contributed by atoms with Crippen molar-refractivity contribution in [3.05, 3.63) is 158 Å². The molecular weight excluding hydrogens is 847 g/mol. The molecule has 0 aliphatic heterocycles. The van der Waals surface area contributed by atoms with E-state index in [4.69, 9.17) is 14.2 Å². The minimum Gasteiger partial charge on any atom is -0.477 e. The molecule has 8 heteroatoms. The highest BCUT2D eigenvalue weighted by atomic mass is 16.6. The minimum atomic E-state index is -0.898. The molecule has 8 nitrogen and oxygen atoms in total. The lowest BCUT2D eigenvalue weighted by molar-refractivity contribution is -0.887. The molecule has 0 spiro atoms. The van der Waals surface area contributed by atoms with Gasteiger partial charge in [-0.1, -0.05) is 172 Å². The number of carboxylic acids is 1. The quantitative estimate of drug-likeness (QED) is 0.0281. The smallest absolute Gasteiger partial charge is 0.362 e. The molecule has 0 amide bonds. The highest BCUT2D eigenvalue weighted by Gasteiger charge is 2.31. The Morgan fingerprint density at radius 2 is 0.779 bits per heavy atom. The lowest BCUT2D eigenvalue weighted by Crippen LogP contribution is -2.50. The molecule has 0 aromatic heterocycles. The Labute approximate surface area is 414 Å². The number of aliphatic carboxylic acids is 1. The first-order valence-corrected chi connectivity index (χ1v) is 25.5. The second-order valence-corrected chi connectivity index (χ2v) is 17.3. The number of hydrogen-bond donors (Lipinski definition) is 1. The Kier molecular flexibility index (Phi) is 44.8. The summed E-state index contributed by atoms with van der Waals surface area (Å²) >= 11 is 0. The van der Waals surface area contributed by atoms with Gasteiger partial charge in [0.15, 0.2) is 12.1 Å². The van der Waals surface area contributed by atoms with Gasteiger partial charge in [-0.15, -0.1) is 0 Å². The van der Waals surface area contributed by atoms with E-state index >= 15 is 0 Å². The lowest BCUT2D eigenvalue weighted by Gasteiger charge is -2.31. The normalized spacial score (nSPS) is 14.2. The Bertz CT molecular complexity index is 1660. The Balaban J connectivity index is 4.49. The number of carbonyl (C=O) groups is 3.